The number of nitrogens with zero attached hydrogens (tertiary/aromatic N) is 3. The molecule has 0 spiro atoms. The molecule has 1 fully saturated rings. The van der Waals surface area contributed by atoms with E-state index in [-0.39, 0.29) is 25.0 Å². The van der Waals surface area contributed by atoms with Gasteiger partial charge in [0.15, 0.2) is 18.1 Å². The Morgan fingerprint density at radius 3 is 2.88 bits per heavy atom. The lowest BCUT2D eigenvalue weighted by atomic mass is 10.0. The number of hydrogen-bond donors (Lipinski definition) is 2. The van der Waals surface area contributed by atoms with E-state index < -0.39 is 6.10 Å². The van der Waals surface area contributed by atoms with Crippen LogP contribution in [0.5, 0.6) is 11.5 Å². The molecule has 0 saturated carbocycles. The second-order valence-corrected chi connectivity index (χ2v) is 7.80. The van der Waals surface area contributed by atoms with Crippen LogP contribution in [0.1, 0.15) is 15.9 Å². The number of carbonyl (C=O) groups is 2. The highest BCUT2D eigenvalue weighted by Crippen LogP contribution is 2.33. The van der Waals surface area contributed by atoms with Gasteiger partial charge in [0.25, 0.3) is 11.8 Å². The molecule has 2 aliphatic heterocycles. The molecule has 2 aliphatic rings. The van der Waals surface area contributed by atoms with Crippen molar-refractivity contribution in [2.24, 2.45) is 0 Å². The van der Waals surface area contributed by atoms with E-state index >= 15 is 0 Å². The van der Waals surface area contributed by atoms with Crippen molar-refractivity contribution in [2.45, 2.75) is 12.6 Å². The molecule has 0 atom stereocenters. The predicted molar refractivity (Wildman–Crippen MR) is 115 cm³/mol. The molecule has 2 aromatic carbocycles. The number of aliphatic hydroxyl groups is 1. The van der Waals surface area contributed by atoms with E-state index in [9.17, 15) is 14.7 Å². The van der Waals surface area contributed by atoms with Crippen LogP contribution in [0.3, 0.4) is 0 Å². The van der Waals surface area contributed by atoms with Gasteiger partial charge in [-0.05, 0) is 42.0 Å². The van der Waals surface area contributed by atoms with Gasteiger partial charge in [0.05, 0.1) is 13.2 Å². The number of fused-ring (bicyclic) bond motifs is 7. The standard InChI is InChI=1S/C23H22N4O5/c1-31-19-3-2-15-9-20(19)32-13-21(29)25-10-14-6-16(23(30)26-11-18(28)12-26)8-17(7-14)27-5-4-24-22(15)27/h2-9,18,28H,10-13H2,1H3,(H,25,29). The minimum absolute atomic E-state index is 0.161. The van der Waals surface area contributed by atoms with Crippen LogP contribution in [0.4, 0.5) is 0 Å². The highest BCUT2D eigenvalue weighted by atomic mass is 16.5. The number of methoxy groups -OCH3 is 1. The van der Waals surface area contributed by atoms with Crippen LogP contribution >= 0.6 is 0 Å². The molecule has 9 nitrogen and oxygen atoms in total. The van der Waals surface area contributed by atoms with E-state index in [1.807, 2.05) is 22.9 Å². The van der Waals surface area contributed by atoms with E-state index in [0.717, 1.165) is 16.8 Å². The summed E-state index contributed by atoms with van der Waals surface area (Å²) in [4.78, 5) is 31.4. The quantitative estimate of drug-likeness (QED) is 0.631. The fourth-order valence-corrected chi connectivity index (χ4v) is 3.89. The van der Waals surface area contributed by atoms with Gasteiger partial charge in [-0.25, -0.2) is 4.98 Å². The van der Waals surface area contributed by atoms with E-state index in [1.54, 1.807) is 35.4 Å². The summed E-state index contributed by atoms with van der Waals surface area (Å²) in [5.74, 6) is 1.16. The Balaban J connectivity index is 1.63. The van der Waals surface area contributed by atoms with Crippen molar-refractivity contribution in [2.75, 3.05) is 26.8 Å². The second kappa shape index (κ2) is 8.01. The third-order valence-corrected chi connectivity index (χ3v) is 5.56. The molecule has 3 heterocycles. The van der Waals surface area contributed by atoms with Gasteiger partial charge in [0, 0.05) is 48.8 Å². The molecule has 32 heavy (non-hydrogen) atoms. The third-order valence-electron chi connectivity index (χ3n) is 5.56. The fourth-order valence-electron chi connectivity index (χ4n) is 3.89. The molecular weight excluding hydrogens is 412 g/mol. The maximum Gasteiger partial charge on any atom is 0.258 e. The maximum absolute atomic E-state index is 12.9. The highest BCUT2D eigenvalue weighted by Gasteiger charge is 2.30. The number of carbonyl (C=O) groups excluding carboxylic acids is 2. The number of β-amino-alcohol motifs (C(OH)–C–C–N with tert-alkyl or cyclic N) is 1. The van der Waals surface area contributed by atoms with Crippen LogP contribution in [0.2, 0.25) is 0 Å². The Labute approximate surface area is 184 Å². The summed E-state index contributed by atoms with van der Waals surface area (Å²) >= 11 is 0. The van der Waals surface area contributed by atoms with Crippen molar-refractivity contribution in [3.63, 3.8) is 0 Å². The van der Waals surface area contributed by atoms with Gasteiger partial charge >= 0.3 is 0 Å². The molecule has 164 valence electrons. The molecule has 1 saturated heterocycles. The zero-order chi connectivity index (χ0) is 22.2. The van der Waals surface area contributed by atoms with Gasteiger partial charge in [-0.1, -0.05) is 0 Å². The Hall–Kier alpha value is -3.85. The molecule has 3 aromatic rings. The zero-order valence-corrected chi connectivity index (χ0v) is 17.4. The number of aromatic nitrogens is 2. The topological polar surface area (TPSA) is 106 Å². The number of amides is 2. The van der Waals surface area contributed by atoms with Gasteiger partial charge < -0.3 is 24.8 Å². The van der Waals surface area contributed by atoms with E-state index in [2.05, 4.69) is 10.3 Å². The lowest BCUT2D eigenvalue weighted by Gasteiger charge is -2.36. The number of ether oxygens (including phenoxy) is 2. The molecule has 0 radical (unpaired) electrons. The first-order chi connectivity index (χ1) is 15.5. The molecule has 2 amide bonds. The molecule has 2 N–H and O–H groups in total. The summed E-state index contributed by atoms with van der Waals surface area (Å²) in [6.45, 7) is 0.692. The van der Waals surface area contributed by atoms with Crippen molar-refractivity contribution in [1.29, 1.82) is 0 Å². The molecular formula is C23H22N4O5. The third kappa shape index (κ3) is 3.67. The van der Waals surface area contributed by atoms with Gasteiger partial charge in [-0.2, -0.15) is 0 Å². The van der Waals surface area contributed by atoms with Crippen molar-refractivity contribution in [1.82, 2.24) is 19.8 Å². The average molecular weight is 434 g/mol. The smallest absolute Gasteiger partial charge is 0.258 e. The Morgan fingerprint density at radius 1 is 1.25 bits per heavy atom. The summed E-state index contributed by atoms with van der Waals surface area (Å²) in [5, 5.41) is 12.4. The van der Waals surface area contributed by atoms with Crippen molar-refractivity contribution in [3.05, 3.63) is 59.9 Å². The van der Waals surface area contributed by atoms with E-state index in [0.29, 0.717) is 36.0 Å². The summed E-state index contributed by atoms with van der Waals surface area (Å²) in [5.41, 5.74) is 2.77. The zero-order valence-electron chi connectivity index (χ0n) is 17.4. The maximum atomic E-state index is 12.9. The summed E-state index contributed by atoms with van der Waals surface area (Å²) in [6, 6.07) is 10.9. The van der Waals surface area contributed by atoms with Crippen LogP contribution < -0.4 is 14.8 Å². The first kappa shape index (κ1) is 20.1. The van der Waals surface area contributed by atoms with Gasteiger partial charge in [-0.15, -0.1) is 0 Å². The molecule has 5 rings (SSSR count). The molecule has 9 heteroatoms. The van der Waals surface area contributed by atoms with Crippen molar-refractivity contribution in [3.8, 4) is 28.6 Å². The minimum Gasteiger partial charge on any atom is -0.493 e. The van der Waals surface area contributed by atoms with Crippen LogP contribution in [-0.2, 0) is 11.3 Å². The molecule has 0 aliphatic carbocycles. The Bertz CT molecular complexity index is 1200. The second-order valence-electron chi connectivity index (χ2n) is 7.80. The summed E-state index contributed by atoms with van der Waals surface area (Å²) in [7, 11) is 1.54. The Kier molecular flexibility index (Phi) is 5.02. The van der Waals surface area contributed by atoms with Gasteiger partial charge in [-0.3, -0.25) is 14.2 Å². The number of imidazole rings is 1. The normalized spacial score (nSPS) is 15.8. The predicted octanol–water partition coefficient (Wildman–Crippen LogP) is 1.37. The largest absolute Gasteiger partial charge is 0.493 e. The Morgan fingerprint density at radius 2 is 2.09 bits per heavy atom. The molecule has 4 bridgehead atoms. The molecule has 1 aromatic heterocycles. The number of likely N-dealkylation sites (tertiary alicyclic amines) is 1. The van der Waals surface area contributed by atoms with Gasteiger partial charge in [0.1, 0.15) is 5.82 Å². The van der Waals surface area contributed by atoms with Crippen LogP contribution in [-0.4, -0.2) is 64.3 Å². The first-order valence-electron chi connectivity index (χ1n) is 10.2. The van der Waals surface area contributed by atoms with Crippen LogP contribution in [0, 0.1) is 0 Å². The SMILES string of the molecule is COc1ccc2cc1OCC(=O)NCc1cc(C(=O)N3CC(O)C3)cc(c1)-n1ccnc1-2. The number of rotatable bonds is 2. The van der Waals surface area contributed by atoms with Crippen LogP contribution in [0.25, 0.3) is 17.1 Å². The number of aliphatic hydroxyl groups excluding tert-OH is 1. The van der Waals surface area contributed by atoms with Crippen molar-refractivity contribution >= 4 is 11.8 Å². The summed E-state index contributed by atoms with van der Waals surface area (Å²) < 4.78 is 13.0. The number of hydrogen-bond acceptors (Lipinski definition) is 6. The average Bonchev–Trinajstić information content (AvgIpc) is 3.28. The van der Waals surface area contributed by atoms with E-state index in [1.165, 1.54) is 7.11 Å². The highest BCUT2D eigenvalue weighted by molar-refractivity contribution is 5.95. The first-order valence-corrected chi connectivity index (χ1v) is 10.2. The van der Waals surface area contributed by atoms with E-state index in [4.69, 9.17) is 9.47 Å². The molecule has 0 unspecified atom stereocenters. The lowest BCUT2D eigenvalue weighted by Crippen LogP contribution is -2.53. The van der Waals surface area contributed by atoms with Crippen molar-refractivity contribution < 1.29 is 24.2 Å². The number of benzene rings is 2. The lowest BCUT2D eigenvalue weighted by molar-refractivity contribution is -0.123. The summed E-state index contributed by atoms with van der Waals surface area (Å²) in [6.07, 6.45) is 3.03. The van der Waals surface area contributed by atoms with Gasteiger partial charge in [0.2, 0.25) is 0 Å². The van der Waals surface area contributed by atoms with Crippen LogP contribution in [0.15, 0.2) is 48.8 Å². The minimum atomic E-state index is -0.480. The fraction of sp³-hybridized carbons (Fsp3) is 0.261. The number of nitrogens with one attached hydrogen (secondary N) is 1. The monoisotopic (exact) mass is 434 g/mol.